The van der Waals surface area contributed by atoms with E-state index in [9.17, 15) is 13.2 Å². The molecule has 0 unspecified atom stereocenters. The van der Waals surface area contributed by atoms with E-state index in [0.717, 1.165) is 0 Å². The molecule has 1 heterocycles. The highest BCUT2D eigenvalue weighted by molar-refractivity contribution is 7.89. The minimum atomic E-state index is -3.73. The van der Waals surface area contributed by atoms with Crippen molar-refractivity contribution in [3.8, 4) is 0 Å². The first kappa shape index (κ1) is 15.9. The van der Waals surface area contributed by atoms with Crippen LogP contribution in [-0.4, -0.2) is 56.3 Å². The van der Waals surface area contributed by atoms with Gasteiger partial charge in [-0.3, -0.25) is 4.79 Å². The monoisotopic (exact) mass is 287 g/mol. The summed E-state index contributed by atoms with van der Waals surface area (Å²) in [6, 6.07) is 1.23. The maximum absolute atomic E-state index is 12.4. The Morgan fingerprint density at radius 1 is 1.21 bits per heavy atom. The number of nitrogens with zero attached hydrogens (tertiary/aromatic N) is 2. The van der Waals surface area contributed by atoms with E-state index >= 15 is 0 Å². The number of sulfonamides is 1. The maximum Gasteiger partial charge on any atom is 0.248 e. The first-order valence-corrected chi connectivity index (χ1v) is 7.65. The van der Waals surface area contributed by atoms with Crippen molar-refractivity contribution < 1.29 is 8.42 Å². The molecule has 0 aromatic carbocycles. The fourth-order valence-corrected chi connectivity index (χ4v) is 3.22. The van der Waals surface area contributed by atoms with Crippen molar-refractivity contribution in [1.29, 1.82) is 0 Å². The van der Waals surface area contributed by atoms with Gasteiger partial charge in [-0.1, -0.05) is 6.92 Å². The first-order valence-electron chi connectivity index (χ1n) is 6.21. The molecule has 7 heteroatoms. The fraction of sp³-hybridized carbons (Fsp3) is 0.583. The molecule has 0 atom stereocenters. The smallest absolute Gasteiger partial charge is 0.248 e. The van der Waals surface area contributed by atoms with E-state index in [1.807, 2.05) is 25.9 Å². The second-order valence-corrected chi connectivity index (χ2v) is 6.49. The fourth-order valence-electron chi connectivity index (χ4n) is 1.65. The molecule has 0 amide bonds. The number of pyridine rings is 1. The van der Waals surface area contributed by atoms with Crippen LogP contribution in [0.25, 0.3) is 0 Å². The summed E-state index contributed by atoms with van der Waals surface area (Å²) in [5.41, 5.74) is -0.482. The molecule has 0 aliphatic carbocycles. The third-order valence-electron chi connectivity index (χ3n) is 2.68. The van der Waals surface area contributed by atoms with Crippen LogP contribution in [0.2, 0.25) is 0 Å². The quantitative estimate of drug-likeness (QED) is 0.784. The van der Waals surface area contributed by atoms with E-state index in [-0.39, 0.29) is 4.90 Å². The summed E-state index contributed by atoms with van der Waals surface area (Å²) in [6.07, 6.45) is 3.37. The predicted molar refractivity (Wildman–Crippen MR) is 74.7 cm³/mol. The number of hydrogen-bond donors (Lipinski definition) is 1. The number of hydrogen-bond acceptors (Lipinski definition) is 4. The Morgan fingerprint density at radius 3 is 2.42 bits per heavy atom. The van der Waals surface area contributed by atoms with Gasteiger partial charge in [0.15, 0.2) is 0 Å². The second-order valence-electron chi connectivity index (χ2n) is 4.58. The average molecular weight is 287 g/mol. The standard InChI is InChI=1S/C12H21N3O3S/c1-4-7-15(9-8-14(2)3)19(17,18)12-10-13-6-5-11(12)16/h5-6,10H,4,7-9H2,1-3H3,(H,13,16). The summed E-state index contributed by atoms with van der Waals surface area (Å²) < 4.78 is 26.2. The molecule has 1 N–H and O–H groups in total. The maximum atomic E-state index is 12.4. The van der Waals surface area contributed by atoms with Crippen molar-refractivity contribution in [3.63, 3.8) is 0 Å². The number of aromatic amines is 1. The summed E-state index contributed by atoms with van der Waals surface area (Å²) in [7, 11) is 0.0354. The minimum Gasteiger partial charge on any atom is -0.366 e. The highest BCUT2D eigenvalue weighted by Gasteiger charge is 2.25. The summed E-state index contributed by atoms with van der Waals surface area (Å²) in [6.45, 7) is 3.30. The molecule has 6 nitrogen and oxygen atoms in total. The molecule has 0 saturated heterocycles. The van der Waals surface area contributed by atoms with Crippen LogP contribution in [0.5, 0.6) is 0 Å². The third-order valence-corrected chi connectivity index (χ3v) is 4.60. The van der Waals surface area contributed by atoms with E-state index in [1.165, 1.54) is 22.8 Å². The minimum absolute atomic E-state index is 0.192. The van der Waals surface area contributed by atoms with Gasteiger partial charge in [0, 0.05) is 38.1 Å². The van der Waals surface area contributed by atoms with Gasteiger partial charge in [0.05, 0.1) is 0 Å². The van der Waals surface area contributed by atoms with Crippen LogP contribution in [-0.2, 0) is 10.0 Å². The first-order chi connectivity index (χ1) is 8.89. The number of aromatic nitrogens is 1. The lowest BCUT2D eigenvalue weighted by atomic mass is 10.4. The van der Waals surface area contributed by atoms with Crippen molar-refractivity contribution in [1.82, 2.24) is 14.2 Å². The topological polar surface area (TPSA) is 73.5 Å². The molecule has 0 bridgehead atoms. The molecule has 0 saturated carbocycles. The molecule has 0 fully saturated rings. The Balaban J connectivity index is 3.06. The summed E-state index contributed by atoms with van der Waals surface area (Å²) in [4.78, 5) is 16.0. The van der Waals surface area contributed by atoms with Gasteiger partial charge in [0.25, 0.3) is 0 Å². The molecule has 19 heavy (non-hydrogen) atoms. The van der Waals surface area contributed by atoms with Gasteiger partial charge in [-0.2, -0.15) is 4.31 Å². The van der Waals surface area contributed by atoms with E-state index in [0.29, 0.717) is 26.1 Å². The van der Waals surface area contributed by atoms with Gasteiger partial charge in [-0.05, 0) is 20.5 Å². The second kappa shape index (κ2) is 6.83. The Labute approximate surface area is 114 Å². The van der Waals surface area contributed by atoms with Crippen LogP contribution in [0.15, 0.2) is 28.2 Å². The van der Waals surface area contributed by atoms with Crippen LogP contribution < -0.4 is 5.43 Å². The normalized spacial score (nSPS) is 12.3. The molecule has 1 aromatic rings. The van der Waals surface area contributed by atoms with E-state index in [2.05, 4.69) is 4.98 Å². The molecular formula is C12H21N3O3S. The van der Waals surface area contributed by atoms with E-state index in [4.69, 9.17) is 0 Å². The van der Waals surface area contributed by atoms with Crippen LogP contribution >= 0.6 is 0 Å². The molecule has 0 spiro atoms. The summed E-state index contributed by atoms with van der Waals surface area (Å²) in [5, 5.41) is 0. The van der Waals surface area contributed by atoms with Gasteiger partial charge in [-0.25, -0.2) is 8.42 Å². The van der Waals surface area contributed by atoms with Gasteiger partial charge >= 0.3 is 0 Å². The summed E-state index contributed by atoms with van der Waals surface area (Å²) >= 11 is 0. The SMILES string of the molecule is CCCN(CCN(C)C)S(=O)(=O)c1c[nH]ccc1=O. The lowest BCUT2D eigenvalue weighted by Crippen LogP contribution is -2.38. The van der Waals surface area contributed by atoms with Crippen molar-refractivity contribution in [2.24, 2.45) is 0 Å². The van der Waals surface area contributed by atoms with Gasteiger partial charge in [0.2, 0.25) is 15.5 Å². The Morgan fingerprint density at radius 2 is 1.89 bits per heavy atom. The highest BCUT2D eigenvalue weighted by Crippen LogP contribution is 2.11. The van der Waals surface area contributed by atoms with Crippen LogP contribution in [0.4, 0.5) is 0 Å². The molecular weight excluding hydrogens is 266 g/mol. The summed E-state index contributed by atoms with van der Waals surface area (Å²) in [5.74, 6) is 0. The van der Waals surface area contributed by atoms with E-state index < -0.39 is 15.5 Å². The van der Waals surface area contributed by atoms with Crippen LogP contribution in [0, 0.1) is 0 Å². The number of rotatable bonds is 7. The number of likely N-dealkylation sites (N-methyl/N-ethyl adjacent to an activating group) is 1. The molecule has 0 radical (unpaired) electrons. The van der Waals surface area contributed by atoms with Crippen molar-refractivity contribution in [2.75, 3.05) is 33.7 Å². The van der Waals surface area contributed by atoms with E-state index in [1.54, 1.807) is 0 Å². The van der Waals surface area contributed by atoms with Gasteiger partial charge in [0.1, 0.15) is 4.90 Å². The highest BCUT2D eigenvalue weighted by atomic mass is 32.2. The number of H-pyrrole nitrogens is 1. The van der Waals surface area contributed by atoms with Crippen LogP contribution in [0.1, 0.15) is 13.3 Å². The molecule has 1 aromatic heterocycles. The third kappa shape index (κ3) is 4.15. The average Bonchev–Trinajstić information content (AvgIpc) is 2.34. The largest absolute Gasteiger partial charge is 0.366 e. The zero-order valence-electron chi connectivity index (χ0n) is 11.6. The predicted octanol–water partition coefficient (Wildman–Crippen LogP) is 0.337. The molecule has 108 valence electrons. The molecule has 1 rings (SSSR count). The lowest BCUT2D eigenvalue weighted by Gasteiger charge is -2.22. The Kier molecular flexibility index (Phi) is 5.71. The van der Waals surface area contributed by atoms with Crippen molar-refractivity contribution >= 4 is 10.0 Å². The zero-order chi connectivity index (χ0) is 14.5. The van der Waals surface area contributed by atoms with Gasteiger partial charge in [-0.15, -0.1) is 0 Å². The van der Waals surface area contributed by atoms with Gasteiger partial charge < -0.3 is 9.88 Å². The lowest BCUT2D eigenvalue weighted by molar-refractivity contribution is 0.332. The molecule has 0 aliphatic rings. The Hall–Kier alpha value is -1.18. The van der Waals surface area contributed by atoms with Crippen molar-refractivity contribution in [2.45, 2.75) is 18.2 Å². The zero-order valence-corrected chi connectivity index (χ0v) is 12.4. The number of nitrogens with one attached hydrogen (secondary N) is 1. The van der Waals surface area contributed by atoms with Crippen LogP contribution in [0.3, 0.4) is 0 Å². The molecule has 0 aliphatic heterocycles. The van der Waals surface area contributed by atoms with Crippen molar-refractivity contribution in [3.05, 3.63) is 28.7 Å². The Bertz CT molecular complexity index is 551.